The van der Waals surface area contributed by atoms with Crippen LogP contribution in [-0.4, -0.2) is 27.5 Å². The molecule has 0 spiro atoms. The summed E-state index contributed by atoms with van der Waals surface area (Å²) >= 11 is 3.48. The van der Waals surface area contributed by atoms with Gasteiger partial charge in [-0.15, -0.1) is 10.2 Å². The first-order valence-electron chi connectivity index (χ1n) is 6.79. The third-order valence-electron chi connectivity index (χ3n) is 3.26. The van der Waals surface area contributed by atoms with Crippen LogP contribution in [0.5, 0.6) is 0 Å². The molecule has 1 aliphatic rings. The minimum atomic E-state index is 0.331. The lowest BCUT2D eigenvalue weighted by Gasteiger charge is -2.22. The highest BCUT2D eigenvalue weighted by molar-refractivity contribution is 9.08. The van der Waals surface area contributed by atoms with Crippen molar-refractivity contribution < 1.29 is 4.74 Å². The predicted octanol–water partition coefficient (Wildman–Crippen LogP) is 2.94. The largest absolute Gasteiger partial charge is 0.378 e. The Bertz CT molecular complexity index is 372. The lowest BCUT2D eigenvalue weighted by atomic mass is 10.1. The Morgan fingerprint density at radius 1 is 1.33 bits per heavy atom. The fraction of sp³-hybridized carbons (Fsp3) is 0.846. The van der Waals surface area contributed by atoms with Gasteiger partial charge in [-0.3, -0.25) is 0 Å². The number of ether oxygens (including phenoxy) is 1. The third kappa shape index (κ3) is 3.54. The summed E-state index contributed by atoms with van der Waals surface area (Å²) in [6.07, 6.45) is 4.85. The maximum Gasteiger partial charge on any atom is 0.143 e. The zero-order valence-electron chi connectivity index (χ0n) is 11.2. The lowest BCUT2D eigenvalue weighted by molar-refractivity contribution is 0.0150. The molecule has 0 aliphatic carbocycles. The van der Waals surface area contributed by atoms with E-state index in [4.69, 9.17) is 4.74 Å². The number of rotatable bonds is 5. The van der Waals surface area contributed by atoms with Crippen LogP contribution in [0.15, 0.2) is 0 Å². The SMILES string of the molecule is CC(C)Cn1c(CBr)nnc1CC1CCCCO1. The Kier molecular flexibility index (Phi) is 5.18. The molecule has 2 heterocycles. The van der Waals surface area contributed by atoms with Crippen molar-refractivity contribution >= 4 is 15.9 Å². The molecule has 4 nitrogen and oxygen atoms in total. The molecule has 0 radical (unpaired) electrons. The van der Waals surface area contributed by atoms with Crippen LogP contribution in [0.25, 0.3) is 0 Å². The van der Waals surface area contributed by atoms with Gasteiger partial charge in [0.05, 0.1) is 11.4 Å². The molecule has 1 saturated heterocycles. The van der Waals surface area contributed by atoms with Gasteiger partial charge >= 0.3 is 0 Å². The maximum atomic E-state index is 5.79. The van der Waals surface area contributed by atoms with Crippen LogP contribution in [-0.2, 0) is 23.0 Å². The van der Waals surface area contributed by atoms with Gasteiger partial charge in [-0.05, 0) is 25.2 Å². The van der Waals surface area contributed by atoms with Gasteiger partial charge in [0.2, 0.25) is 0 Å². The minimum Gasteiger partial charge on any atom is -0.378 e. The van der Waals surface area contributed by atoms with Gasteiger partial charge in [-0.25, -0.2) is 0 Å². The van der Waals surface area contributed by atoms with Crippen molar-refractivity contribution in [1.29, 1.82) is 0 Å². The van der Waals surface area contributed by atoms with Crippen LogP contribution in [0.3, 0.4) is 0 Å². The topological polar surface area (TPSA) is 39.9 Å². The molecule has 5 heteroatoms. The molecular formula is C13H22BrN3O. The van der Waals surface area contributed by atoms with Crippen molar-refractivity contribution in [3.8, 4) is 0 Å². The summed E-state index contributed by atoms with van der Waals surface area (Å²) in [7, 11) is 0. The molecular weight excluding hydrogens is 294 g/mol. The smallest absolute Gasteiger partial charge is 0.143 e. The highest BCUT2D eigenvalue weighted by Crippen LogP contribution is 2.18. The number of halogens is 1. The molecule has 1 aromatic heterocycles. The molecule has 1 aromatic rings. The summed E-state index contributed by atoms with van der Waals surface area (Å²) in [4.78, 5) is 0. The number of nitrogens with zero attached hydrogens (tertiary/aromatic N) is 3. The van der Waals surface area contributed by atoms with Crippen LogP contribution >= 0.6 is 15.9 Å². The van der Waals surface area contributed by atoms with E-state index in [0.717, 1.165) is 43.0 Å². The van der Waals surface area contributed by atoms with Crippen molar-refractivity contribution in [1.82, 2.24) is 14.8 Å². The van der Waals surface area contributed by atoms with Gasteiger partial charge in [-0.1, -0.05) is 29.8 Å². The van der Waals surface area contributed by atoms with Crippen LogP contribution < -0.4 is 0 Å². The Labute approximate surface area is 117 Å². The second-order valence-corrected chi connectivity index (χ2v) is 5.92. The average Bonchev–Trinajstić information content (AvgIpc) is 2.72. The zero-order chi connectivity index (χ0) is 13.0. The van der Waals surface area contributed by atoms with Crippen molar-refractivity contribution in [2.75, 3.05) is 6.61 Å². The van der Waals surface area contributed by atoms with Crippen LogP contribution in [0, 0.1) is 5.92 Å². The molecule has 0 N–H and O–H groups in total. The zero-order valence-corrected chi connectivity index (χ0v) is 12.8. The van der Waals surface area contributed by atoms with Crippen molar-refractivity contribution in [3.05, 3.63) is 11.6 Å². The summed E-state index contributed by atoms with van der Waals surface area (Å²) in [5.74, 6) is 2.70. The molecule has 0 amide bonds. The van der Waals surface area contributed by atoms with Crippen molar-refractivity contribution in [2.45, 2.75) is 57.5 Å². The maximum absolute atomic E-state index is 5.79. The number of alkyl halides is 1. The first-order valence-corrected chi connectivity index (χ1v) is 7.91. The lowest BCUT2D eigenvalue weighted by Crippen LogP contribution is -2.24. The van der Waals surface area contributed by atoms with Gasteiger partial charge in [-0.2, -0.15) is 0 Å². The summed E-state index contributed by atoms with van der Waals surface area (Å²) in [5, 5.41) is 9.36. The van der Waals surface area contributed by atoms with E-state index < -0.39 is 0 Å². The normalized spacial score (nSPS) is 20.6. The highest BCUT2D eigenvalue weighted by Gasteiger charge is 2.19. The monoisotopic (exact) mass is 315 g/mol. The molecule has 1 fully saturated rings. The fourth-order valence-corrected chi connectivity index (χ4v) is 2.79. The summed E-state index contributed by atoms with van der Waals surface area (Å²) < 4.78 is 8.04. The Hall–Kier alpha value is -0.420. The van der Waals surface area contributed by atoms with E-state index >= 15 is 0 Å². The summed E-state index contributed by atoms with van der Waals surface area (Å²) in [5.41, 5.74) is 0. The summed E-state index contributed by atoms with van der Waals surface area (Å²) in [6.45, 7) is 6.32. The van der Waals surface area contributed by atoms with Crippen LogP contribution in [0.2, 0.25) is 0 Å². The minimum absolute atomic E-state index is 0.331. The van der Waals surface area contributed by atoms with E-state index in [0.29, 0.717) is 12.0 Å². The quantitative estimate of drug-likeness (QED) is 0.784. The number of hydrogen-bond donors (Lipinski definition) is 0. The molecule has 102 valence electrons. The number of hydrogen-bond acceptors (Lipinski definition) is 3. The molecule has 2 rings (SSSR count). The van der Waals surface area contributed by atoms with Gasteiger partial charge in [0.15, 0.2) is 0 Å². The van der Waals surface area contributed by atoms with E-state index in [1.54, 1.807) is 0 Å². The standard InChI is InChI=1S/C13H22BrN3O/c1-10(2)9-17-12(15-16-13(17)8-14)7-11-5-3-4-6-18-11/h10-11H,3-9H2,1-2H3. The molecule has 0 bridgehead atoms. The second-order valence-electron chi connectivity index (χ2n) is 5.36. The fourth-order valence-electron chi connectivity index (χ4n) is 2.37. The third-order valence-corrected chi connectivity index (χ3v) is 3.76. The van der Waals surface area contributed by atoms with Crippen LogP contribution in [0.4, 0.5) is 0 Å². The number of aromatic nitrogens is 3. The highest BCUT2D eigenvalue weighted by atomic mass is 79.9. The Morgan fingerprint density at radius 2 is 2.11 bits per heavy atom. The summed E-state index contributed by atoms with van der Waals surface area (Å²) in [6, 6.07) is 0. The van der Waals surface area contributed by atoms with Gasteiger partial charge < -0.3 is 9.30 Å². The Morgan fingerprint density at radius 3 is 2.72 bits per heavy atom. The first-order chi connectivity index (χ1) is 8.70. The molecule has 0 saturated carbocycles. The Balaban J connectivity index is 2.08. The van der Waals surface area contributed by atoms with E-state index in [9.17, 15) is 0 Å². The second kappa shape index (κ2) is 6.66. The van der Waals surface area contributed by atoms with Gasteiger partial charge in [0.1, 0.15) is 11.6 Å². The van der Waals surface area contributed by atoms with E-state index in [1.807, 2.05) is 0 Å². The first kappa shape index (κ1) is 14.0. The van der Waals surface area contributed by atoms with E-state index in [2.05, 4.69) is 44.5 Å². The molecule has 18 heavy (non-hydrogen) atoms. The predicted molar refractivity (Wildman–Crippen MR) is 74.8 cm³/mol. The van der Waals surface area contributed by atoms with Gasteiger partial charge in [0, 0.05) is 19.6 Å². The average molecular weight is 316 g/mol. The van der Waals surface area contributed by atoms with Crippen LogP contribution in [0.1, 0.15) is 44.8 Å². The molecule has 1 atom stereocenters. The molecule has 0 aromatic carbocycles. The van der Waals surface area contributed by atoms with Crippen molar-refractivity contribution in [3.63, 3.8) is 0 Å². The molecule has 1 unspecified atom stereocenters. The van der Waals surface area contributed by atoms with Crippen molar-refractivity contribution in [2.24, 2.45) is 5.92 Å². The van der Waals surface area contributed by atoms with E-state index in [1.165, 1.54) is 12.8 Å². The molecule has 1 aliphatic heterocycles. The van der Waals surface area contributed by atoms with Gasteiger partial charge in [0.25, 0.3) is 0 Å². The van der Waals surface area contributed by atoms with E-state index in [-0.39, 0.29) is 0 Å².